The molecular weight excluding hydrogens is 582 g/mol. The van der Waals surface area contributed by atoms with Gasteiger partial charge in [0, 0.05) is 19.3 Å². The van der Waals surface area contributed by atoms with E-state index in [1.54, 1.807) is 0 Å². The summed E-state index contributed by atoms with van der Waals surface area (Å²) in [6.45, 7) is 4.58. The van der Waals surface area contributed by atoms with Crippen LogP contribution < -0.4 is 0 Å². The first-order valence-electron chi connectivity index (χ1n) is 18.0. The van der Waals surface area contributed by atoms with Gasteiger partial charge in [-0.25, -0.2) is 4.79 Å². The Labute approximate surface area is 281 Å². The van der Waals surface area contributed by atoms with Crippen molar-refractivity contribution in [3.8, 4) is 0 Å². The fourth-order valence-electron chi connectivity index (χ4n) is 4.87. The zero-order chi connectivity index (χ0) is 34.3. The van der Waals surface area contributed by atoms with E-state index in [4.69, 9.17) is 14.2 Å². The van der Waals surface area contributed by atoms with Crippen LogP contribution in [-0.2, 0) is 28.6 Å². The molecule has 2 unspecified atom stereocenters. The van der Waals surface area contributed by atoms with E-state index in [9.17, 15) is 19.5 Å². The Morgan fingerprint density at radius 3 is 1.74 bits per heavy atom. The summed E-state index contributed by atoms with van der Waals surface area (Å²) in [6.07, 6.45) is 30.5. The molecule has 46 heavy (non-hydrogen) atoms. The summed E-state index contributed by atoms with van der Waals surface area (Å²) in [5, 5.41) is 9.56. The zero-order valence-corrected chi connectivity index (χ0v) is 30.0. The van der Waals surface area contributed by atoms with Gasteiger partial charge in [-0.05, 0) is 51.4 Å². The monoisotopic (exact) mass is 650 g/mol. The SMILES string of the molecule is CCCC/C=C/C=C/CCCCCC(=O)OC(COCCC(C(=O)O)[N+](C)(C)C)COC(=O)CCCCCCC/C=C/CCCC. The third-order valence-corrected chi connectivity index (χ3v) is 7.79. The van der Waals surface area contributed by atoms with E-state index in [-0.39, 0.29) is 36.2 Å². The van der Waals surface area contributed by atoms with Crippen molar-refractivity contribution in [1.82, 2.24) is 0 Å². The van der Waals surface area contributed by atoms with Crippen molar-refractivity contribution in [2.75, 3.05) is 41.0 Å². The molecule has 8 nitrogen and oxygen atoms in total. The summed E-state index contributed by atoms with van der Waals surface area (Å²) in [7, 11) is 5.49. The minimum Gasteiger partial charge on any atom is -0.477 e. The number of likely N-dealkylation sites (N-methyl/N-ethyl adjacent to an activating group) is 1. The highest BCUT2D eigenvalue weighted by Gasteiger charge is 2.31. The van der Waals surface area contributed by atoms with Crippen LogP contribution >= 0.6 is 0 Å². The lowest BCUT2D eigenvalue weighted by Crippen LogP contribution is -2.50. The second-order valence-electron chi connectivity index (χ2n) is 13.1. The molecule has 2 atom stereocenters. The van der Waals surface area contributed by atoms with Gasteiger partial charge in [0.15, 0.2) is 12.1 Å². The maximum Gasteiger partial charge on any atom is 0.362 e. The van der Waals surface area contributed by atoms with E-state index in [1.165, 1.54) is 38.5 Å². The number of carbonyl (C=O) groups excluding carboxylic acids is 2. The standard InChI is InChI=1S/C38H67NO7/c1-6-8-10-12-14-16-18-20-22-24-26-28-36(40)45-33-34(32-44-31-30-35(38(42)43)39(3,4)5)46-37(41)29-27-25-23-21-19-17-15-13-11-9-7-2/h12-15,17,19,34-35H,6-11,16,18,20-33H2,1-5H3/p+1/b14-12+,15-13+,19-17+. The molecule has 0 aliphatic rings. The lowest BCUT2D eigenvalue weighted by atomic mass is 10.1. The summed E-state index contributed by atoms with van der Waals surface area (Å²) in [6, 6.07) is -0.618. The number of allylic oxidation sites excluding steroid dienone is 6. The van der Waals surface area contributed by atoms with Crippen LogP contribution in [-0.4, -0.2) is 80.6 Å². The summed E-state index contributed by atoms with van der Waals surface area (Å²) in [4.78, 5) is 36.6. The average molecular weight is 651 g/mol. The second kappa shape index (κ2) is 29.9. The number of hydrogen-bond donors (Lipinski definition) is 1. The summed E-state index contributed by atoms with van der Waals surface area (Å²) >= 11 is 0. The normalized spacial score (nSPS) is 13.5. The van der Waals surface area contributed by atoms with Gasteiger partial charge >= 0.3 is 17.9 Å². The van der Waals surface area contributed by atoms with Crippen molar-refractivity contribution in [1.29, 1.82) is 0 Å². The smallest absolute Gasteiger partial charge is 0.362 e. The molecule has 0 aromatic heterocycles. The van der Waals surface area contributed by atoms with Crippen LogP contribution in [0.5, 0.6) is 0 Å². The summed E-state index contributed by atoms with van der Waals surface area (Å²) in [5.41, 5.74) is 0. The van der Waals surface area contributed by atoms with Gasteiger partial charge in [-0.1, -0.05) is 102 Å². The Morgan fingerprint density at radius 1 is 0.652 bits per heavy atom. The molecule has 0 aliphatic heterocycles. The summed E-state index contributed by atoms with van der Waals surface area (Å²) in [5.74, 6) is -1.52. The Hall–Kier alpha value is -2.45. The van der Waals surface area contributed by atoms with Crippen molar-refractivity contribution in [3.05, 3.63) is 36.5 Å². The fourth-order valence-corrected chi connectivity index (χ4v) is 4.87. The molecule has 266 valence electrons. The number of ether oxygens (including phenoxy) is 3. The number of esters is 2. The van der Waals surface area contributed by atoms with Crippen LogP contribution in [0.15, 0.2) is 36.5 Å². The van der Waals surface area contributed by atoms with Gasteiger partial charge in [-0.3, -0.25) is 9.59 Å². The molecule has 0 saturated carbocycles. The minimum atomic E-state index is -0.883. The van der Waals surface area contributed by atoms with Gasteiger partial charge in [-0.15, -0.1) is 0 Å². The molecule has 0 rings (SSSR count). The van der Waals surface area contributed by atoms with Crippen LogP contribution in [0, 0.1) is 0 Å². The van der Waals surface area contributed by atoms with Gasteiger partial charge in [0.25, 0.3) is 0 Å². The number of carboxylic acid groups (broad SMARTS) is 1. The van der Waals surface area contributed by atoms with E-state index in [1.807, 2.05) is 21.1 Å². The average Bonchev–Trinajstić information content (AvgIpc) is 3.00. The number of quaternary nitrogens is 1. The second-order valence-corrected chi connectivity index (χ2v) is 13.1. The molecule has 0 aromatic rings. The fraction of sp³-hybridized carbons (Fsp3) is 0.763. The van der Waals surface area contributed by atoms with E-state index in [2.05, 4.69) is 50.3 Å². The Morgan fingerprint density at radius 2 is 1.15 bits per heavy atom. The topological polar surface area (TPSA) is 99.1 Å². The van der Waals surface area contributed by atoms with E-state index >= 15 is 0 Å². The molecule has 0 fully saturated rings. The Kier molecular flexibility index (Phi) is 28.3. The highest BCUT2D eigenvalue weighted by atomic mass is 16.6. The molecule has 0 aromatic carbocycles. The van der Waals surface area contributed by atoms with Gasteiger partial charge in [0.2, 0.25) is 0 Å². The van der Waals surface area contributed by atoms with Gasteiger partial charge < -0.3 is 23.8 Å². The first-order valence-corrected chi connectivity index (χ1v) is 18.0. The van der Waals surface area contributed by atoms with E-state index in [0.29, 0.717) is 19.3 Å². The molecule has 0 radical (unpaired) electrons. The highest BCUT2D eigenvalue weighted by molar-refractivity contribution is 5.72. The lowest BCUT2D eigenvalue weighted by Gasteiger charge is -2.31. The molecule has 0 aliphatic carbocycles. The largest absolute Gasteiger partial charge is 0.477 e. The number of carbonyl (C=O) groups is 3. The predicted octanol–water partition coefficient (Wildman–Crippen LogP) is 8.74. The quantitative estimate of drug-likeness (QED) is 0.0263. The third-order valence-electron chi connectivity index (χ3n) is 7.79. The van der Waals surface area contributed by atoms with E-state index < -0.39 is 18.1 Å². The minimum absolute atomic E-state index is 0.0476. The molecule has 1 N–H and O–H groups in total. The van der Waals surface area contributed by atoms with Crippen LogP contribution in [0.3, 0.4) is 0 Å². The number of hydrogen-bond acceptors (Lipinski definition) is 6. The van der Waals surface area contributed by atoms with Crippen LogP contribution in [0.1, 0.15) is 136 Å². The summed E-state index contributed by atoms with van der Waals surface area (Å²) < 4.78 is 17.1. The lowest BCUT2D eigenvalue weighted by molar-refractivity contribution is -0.887. The molecule has 0 saturated heterocycles. The van der Waals surface area contributed by atoms with E-state index in [0.717, 1.165) is 64.2 Å². The van der Waals surface area contributed by atoms with Crippen molar-refractivity contribution in [2.24, 2.45) is 0 Å². The molecule has 0 amide bonds. The molecule has 8 heteroatoms. The zero-order valence-electron chi connectivity index (χ0n) is 30.0. The van der Waals surface area contributed by atoms with Crippen molar-refractivity contribution >= 4 is 17.9 Å². The number of carboxylic acids is 1. The molecular formula is C38H68NO7+. The predicted molar refractivity (Wildman–Crippen MR) is 188 cm³/mol. The van der Waals surface area contributed by atoms with Crippen LogP contribution in [0.4, 0.5) is 0 Å². The molecule has 0 bridgehead atoms. The Balaban J connectivity index is 4.52. The molecule has 0 spiro atoms. The first kappa shape index (κ1) is 43.5. The van der Waals surface area contributed by atoms with Gasteiger partial charge in [0.05, 0.1) is 34.4 Å². The van der Waals surface area contributed by atoms with Crippen molar-refractivity contribution < 1.29 is 38.2 Å². The molecule has 0 heterocycles. The van der Waals surface area contributed by atoms with Crippen LogP contribution in [0.2, 0.25) is 0 Å². The van der Waals surface area contributed by atoms with Crippen molar-refractivity contribution in [3.63, 3.8) is 0 Å². The number of rotatable bonds is 31. The number of unbranched alkanes of at least 4 members (excludes halogenated alkanes) is 12. The third kappa shape index (κ3) is 27.8. The van der Waals surface area contributed by atoms with Gasteiger partial charge in [0.1, 0.15) is 6.61 Å². The number of aliphatic carboxylic acids is 1. The maximum atomic E-state index is 12.6. The van der Waals surface area contributed by atoms with Gasteiger partial charge in [-0.2, -0.15) is 0 Å². The Bertz CT molecular complexity index is 860. The van der Waals surface area contributed by atoms with Crippen molar-refractivity contribution in [2.45, 2.75) is 148 Å². The first-order chi connectivity index (χ1) is 22.1. The highest BCUT2D eigenvalue weighted by Crippen LogP contribution is 2.12. The maximum absolute atomic E-state index is 12.6. The van der Waals surface area contributed by atoms with Crippen LogP contribution in [0.25, 0.3) is 0 Å². The number of nitrogens with zero attached hydrogens (tertiary/aromatic N) is 1.